The molecule has 0 unspecified atom stereocenters. The second-order valence-electron chi connectivity index (χ2n) is 4.46. The van der Waals surface area contributed by atoms with Crippen molar-refractivity contribution in [3.05, 3.63) is 0 Å². The van der Waals surface area contributed by atoms with Gasteiger partial charge in [-0.1, -0.05) is 27.2 Å². The Kier molecular flexibility index (Phi) is 4.24. The van der Waals surface area contributed by atoms with Crippen LogP contribution in [0, 0.1) is 11.3 Å². The largest absolute Gasteiger partial charge is 0.316 e. The minimum absolute atomic E-state index is 0.763. The van der Waals surface area contributed by atoms with Crippen LogP contribution in [0.25, 0.3) is 0 Å². The molecule has 1 spiro atoms. The van der Waals surface area contributed by atoms with Crippen molar-refractivity contribution >= 4 is 0 Å². The summed E-state index contributed by atoms with van der Waals surface area (Å²) in [6.07, 6.45) is 7.34. The first-order valence-electron chi connectivity index (χ1n) is 6.05. The predicted molar refractivity (Wildman–Crippen MR) is 58.9 cm³/mol. The Morgan fingerprint density at radius 3 is 2.46 bits per heavy atom. The average Bonchev–Trinajstić information content (AvgIpc) is 2.18. The van der Waals surface area contributed by atoms with Crippen molar-refractivity contribution in [2.45, 2.75) is 52.9 Å². The second-order valence-corrected chi connectivity index (χ2v) is 4.46. The van der Waals surface area contributed by atoms with Gasteiger partial charge in [0.2, 0.25) is 0 Å². The maximum absolute atomic E-state index is 3.52. The van der Waals surface area contributed by atoms with E-state index in [2.05, 4.69) is 12.2 Å². The van der Waals surface area contributed by atoms with E-state index in [0.29, 0.717) is 0 Å². The van der Waals surface area contributed by atoms with Crippen molar-refractivity contribution in [3.63, 3.8) is 0 Å². The van der Waals surface area contributed by atoms with Gasteiger partial charge in [0, 0.05) is 6.54 Å². The molecule has 0 aromatic heterocycles. The van der Waals surface area contributed by atoms with Crippen molar-refractivity contribution < 1.29 is 0 Å². The molecule has 0 radical (unpaired) electrons. The third kappa shape index (κ3) is 2.46. The highest BCUT2D eigenvalue weighted by molar-refractivity contribution is 4.96. The number of nitrogens with one attached hydrogen (secondary N) is 1. The molecule has 1 heterocycles. The van der Waals surface area contributed by atoms with Crippen LogP contribution in [-0.2, 0) is 0 Å². The molecule has 2 aliphatic rings. The molecule has 1 aliphatic heterocycles. The van der Waals surface area contributed by atoms with Gasteiger partial charge < -0.3 is 5.32 Å². The SMILES string of the molecule is CC.CCC1CC2(CCCNC2)C1. The van der Waals surface area contributed by atoms with E-state index in [1.165, 1.54) is 45.2 Å². The van der Waals surface area contributed by atoms with E-state index in [0.717, 1.165) is 11.3 Å². The molecule has 0 aromatic carbocycles. The first-order valence-corrected chi connectivity index (χ1v) is 6.05. The molecule has 0 bridgehead atoms. The highest BCUT2D eigenvalue weighted by Gasteiger charge is 2.43. The Labute approximate surface area is 83.3 Å². The van der Waals surface area contributed by atoms with Crippen molar-refractivity contribution in [2.75, 3.05) is 13.1 Å². The van der Waals surface area contributed by atoms with E-state index < -0.39 is 0 Å². The monoisotopic (exact) mass is 183 g/mol. The lowest BCUT2D eigenvalue weighted by molar-refractivity contribution is 0.0264. The molecule has 1 N–H and O–H groups in total. The first-order chi connectivity index (χ1) is 6.35. The van der Waals surface area contributed by atoms with Gasteiger partial charge in [0.05, 0.1) is 0 Å². The maximum Gasteiger partial charge on any atom is 0.000802 e. The van der Waals surface area contributed by atoms with E-state index in [1.54, 1.807) is 0 Å². The third-order valence-electron chi connectivity index (χ3n) is 3.58. The van der Waals surface area contributed by atoms with Gasteiger partial charge in [0.15, 0.2) is 0 Å². The molecule has 78 valence electrons. The summed E-state index contributed by atoms with van der Waals surface area (Å²) in [6, 6.07) is 0. The zero-order valence-corrected chi connectivity index (χ0v) is 9.53. The normalized spacial score (nSPS) is 37.6. The molecule has 0 atom stereocenters. The molecule has 1 saturated heterocycles. The molecule has 1 heteroatoms. The number of rotatable bonds is 1. The summed E-state index contributed by atoms with van der Waals surface area (Å²) < 4.78 is 0. The number of piperidine rings is 1. The van der Waals surface area contributed by atoms with Gasteiger partial charge in [-0.05, 0) is 43.6 Å². The van der Waals surface area contributed by atoms with Gasteiger partial charge in [-0.15, -0.1) is 0 Å². The van der Waals surface area contributed by atoms with Gasteiger partial charge in [-0.3, -0.25) is 0 Å². The molecule has 0 aromatic rings. The van der Waals surface area contributed by atoms with E-state index >= 15 is 0 Å². The van der Waals surface area contributed by atoms with Crippen LogP contribution in [0.1, 0.15) is 52.9 Å². The summed E-state index contributed by atoms with van der Waals surface area (Å²) in [4.78, 5) is 0. The summed E-state index contributed by atoms with van der Waals surface area (Å²) in [7, 11) is 0. The predicted octanol–water partition coefficient (Wildman–Crippen LogP) is 3.20. The Morgan fingerprint density at radius 2 is 2.00 bits per heavy atom. The van der Waals surface area contributed by atoms with E-state index in [-0.39, 0.29) is 0 Å². The molecule has 1 nitrogen and oxygen atoms in total. The Balaban J connectivity index is 0.000000396. The van der Waals surface area contributed by atoms with Crippen LogP contribution in [-0.4, -0.2) is 13.1 Å². The fourth-order valence-corrected chi connectivity index (χ4v) is 2.83. The summed E-state index contributed by atoms with van der Waals surface area (Å²) in [5, 5.41) is 3.52. The van der Waals surface area contributed by atoms with Crippen molar-refractivity contribution in [3.8, 4) is 0 Å². The topological polar surface area (TPSA) is 12.0 Å². The zero-order valence-electron chi connectivity index (χ0n) is 9.53. The van der Waals surface area contributed by atoms with Crippen LogP contribution >= 0.6 is 0 Å². The lowest BCUT2D eigenvalue weighted by Crippen LogP contribution is -2.48. The Bertz CT molecular complexity index is 128. The van der Waals surface area contributed by atoms with Gasteiger partial charge in [0.25, 0.3) is 0 Å². The molecular formula is C12H25N. The molecule has 13 heavy (non-hydrogen) atoms. The fraction of sp³-hybridized carbons (Fsp3) is 1.00. The molecule has 0 amide bonds. The van der Waals surface area contributed by atoms with Gasteiger partial charge in [0.1, 0.15) is 0 Å². The smallest absolute Gasteiger partial charge is 0.000802 e. The summed E-state index contributed by atoms with van der Waals surface area (Å²) in [6.45, 7) is 8.90. The quantitative estimate of drug-likeness (QED) is 0.658. The van der Waals surface area contributed by atoms with Crippen LogP contribution in [0.5, 0.6) is 0 Å². The minimum atomic E-state index is 0.763. The lowest BCUT2D eigenvalue weighted by Gasteiger charge is -2.50. The highest BCUT2D eigenvalue weighted by atomic mass is 14.9. The van der Waals surface area contributed by atoms with E-state index in [4.69, 9.17) is 0 Å². The van der Waals surface area contributed by atoms with Gasteiger partial charge >= 0.3 is 0 Å². The number of hydrogen-bond acceptors (Lipinski definition) is 1. The molecule has 2 fully saturated rings. The van der Waals surface area contributed by atoms with Crippen LogP contribution in [0.4, 0.5) is 0 Å². The molecular weight excluding hydrogens is 158 g/mol. The Hall–Kier alpha value is -0.0400. The second kappa shape index (κ2) is 4.99. The van der Waals surface area contributed by atoms with Crippen LogP contribution in [0.2, 0.25) is 0 Å². The van der Waals surface area contributed by atoms with E-state index in [1.807, 2.05) is 13.8 Å². The molecule has 1 saturated carbocycles. The summed E-state index contributed by atoms with van der Waals surface area (Å²) in [5.74, 6) is 1.06. The first kappa shape index (κ1) is 11.0. The average molecular weight is 183 g/mol. The van der Waals surface area contributed by atoms with E-state index in [9.17, 15) is 0 Å². The van der Waals surface area contributed by atoms with Crippen molar-refractivity contribution in [2.24, 2.45) is 11.3 Å². The third-order valence-corrected chi connectivity index (χ3v) is 3.58. The molecule has 1 aliphatic carbocycles. The van der Waals surface area contributed by atoms with Gasteiger partial charge in [-0.25, -0.2) is 0 Å². The summed E-state index contributed by atoms with van der Waals surface area (Å²) in [5.41, 5.74) is 0.763. The Morgan fingerprint density at radius 1 is 1.31 bits per heavy atom. The zero-order chi connectivity index (χ0) is 9.73. The van der Waals surface area contributed by atoms with Crippen LogP contribution < -0.4 is 5.32 Å². The van der Waals surface area contributed by atoms with Crippen LogP contribution in [0.3, 0.4) is 0 Å². The molecule has 2 rings (SSSR count). The van der Waals surface area contributed by atoms with Crippen molar-refractivity contribution in [1.29, 1.82) is 0 Å². The lowest BCUT2D eigenvalue weighted by atomic mass is 9.58. The highest BCUT2D eigenvalue weighted by Crippen LogP contribution is 2.50. The standard InChI is InChI=1S/C10H19N.C2H6/c1-2-9-6-10(7-9)4-3-5-11-8-10;1-2/h9,11H,2-8H2,1H3;1-2H3. The number of hydrogen-bond donors (Lipinski definition) is 1. The minimum Gasteiger partial charge on any atom is -0.316 e. The van der Waals surface area contributed by atoms with Crippen molar-refractivity contribution in [1.82, 2.24) is 5.32 Å². The summed E-state index contributed by atoms with van der Waals surface area (Å²) >= 11 is 0. The van der Waals surface area contributed by atoms with Crippen LogP contribution in [0.15, 0.2) is 0 Å². The maximum atomic E-state index is 3.52. The van der Waals surface area contributed by atoms with Gasteiger partial charge in [-0.2, -0.15) is 0 Å². The fourth-order valence-electron chi connectivity index (χ4n) is 2.83.